The van der Waals surface area contributed by atoms with Crippen molar-refractivity contribution in [3.8, 4) is 11.3 Å². The molecule has 5 rings (SSSR count). The van der Waals surface area contributed by atoms with Crippen LogP contribution in [0.5, 0.6) is 0 Å². The number of pyridine rings is 1. The van der Waals surface area contributed by atoms with E-state index in [1.54, 1.807) is 6.20 Å². The third kappa shape index (κ3) is 4.49. The second-order valence-electron chi connectivity index (χ2n) is 8.77. The van der Waals surface area contributed by atoms with Crippen LogP contribution in [0.15, 0.2) is 54.9 Å². The highest BCUT2D eigenvalue weighted by Gasteiger charge is 2.36. The molecule has 1 amide bonds. The van der Waals surface area contributed by atoms with Crippen LogP contribution in [0, 0.1) is 5.92 Å². The van der Waals surface area contributed by atoms with Gasteiger partial charge in [-0.05, 0) is 55.9 Å². The van der Waals surface area contributed by atoms with Crippen LogP contribution in [0.4, 0.5) is 11.5 Å². The molecule has 164 valence electrons. The van der Waals surface area contributed by atoms with Crippen LogP contribution in [0.25, 0.3) is 11.3 Å². The van der Waals surface area contributed by atoms with Crippen molar-refractivity contribution in [2.45, 2.75) is 44.9 Å². The fraction of sp³-hybridized carbons (Fsp3) is 0.385. The number of aromatic nitrogens is 3. The summed E-state index contributed by atoms with van der Waals surface area (Å²) in [6, 6.07) is 14.2. The van der Waals surface area contributed by atoms with Gasteiger partial charge in [-0.2, -0.15) is 0 Å². The van der Waals surface area contributed by atoms with E-state index in [9.17, 15) is 4.79 Å². The van der Waals surface area contributed by atoms with Crippen molar-refractivity contribution < 1.29 is 4.79 Å². The summed E-state index contributed by atoms with van der Waals surface area (Å²) in [5.41, 5.74) is 4.12. The van der Waals surface area contributed by atoms with Gasteiger partial charge in [0.2, 0.25) is 5.91 Å². The first-order chi connectivity index (χ1) is 15.7. The van der Waals surface area contributed by atoms with E-state index in [1.165, 1.54) is 5.56 Å². The quantitative estimate of drug-likeness (QED) is 0.602. The smallest absolute Gasteiger partial charge is 0.225 e. The van der Waals surface area contributed by atoms with Gasteiger partial charge in [0.05, 0.1) is 5.69 Å². The number of benzene rings is 1. The third-order valence-electron chi connectivity index (χ3n) is 6.39. The lowest BCUT2D eigenvalue weighted by atomic mass is 9.96. The monoisotopic (exact) mass is 427 g/mol. The van der Waals surface area contributed by atoms with Crippen LogP contribution in [-0.2, 0) is 11.2 Å². The molecule has 0 spiro atoms. The molecular weight excluding hydrogens is 398 g/mol. The van der Waals surface area contributed by atoms with E-state index in [2.05, 4.69) is 35.4 Å². The van der Waals surface area contributed by atoms with Gasteiger partial charge in [-0.3, -0.25) is 9.78 Å². The molecule has 0 radical (unpaired) electrons. The van der Waals surface area contributed by atoms with E-state index in [-0.39, 0.29) is 11.8 Å². The summed E-state index contributed by atoms with van der Waals surface area (Å²) >= 11 is 0. The minimum Gasteiger partial charge on any atom is -0.342 e. The lowest BCUT2D eigenvalue weighted by Crippen LogP contribution is -2.40. The van der Waals surface area contributed by atoms with Crippen molar-refractivity contribution in [3.05, 3.63) is 66.2 Å². The maximum atomic E-state index is 12.7. The Morgan fingerprint density at radius 1 is 1.12 bits per heavy atom. The number of para-hydroxylation sites is 1. The molecule has 0 bridgehead atoms. The molecule has 1 saturated heterocycles. The van der Waals surface area contributed by atoms with Gasteiger partial charge in [-0.15, -0.1) is 0 Å². The molecule has 2 aliphatic rings. The number of anilines is 2. The summed E-state index contributed by atoms with van der Waals surface area (Å²) in [4.78, 5) is 28.8. The molecule has 1 saturated carbocycles. The van der Waals surface area contributed by atoms with Crippen molar-refractivity contribution in [1.82, 2.24) is 19.9 Å². The van der Waals surface area contributed by atoms with Gasteiger partial charge in [0.15, 0.2) is 0 Å². The molecule has 1 aliphatic carbocycles. The predicted molar refractivity (Wildman–Crippen MR) is 126 cm³/mol. The molecule has 1 N–H and O–H groups in total. The maximum Gasteiger partial charge on any atom is 0.225 e. The fourth-order valence-corrected chi connectivity index (χ4v) is 4.44. The minimum absolute atomic E-state index is 0.144. The highest BCUT2D eigenvalue weighted by molar-refractivity contribution is 5.81. The zero-order valence-corrected chi connectivity index (χ0v) is 18.5. The number of nitrogens with one attached hydrogen (secondary N) is 1. The molecule has 3 aromatic rings. The average molecular weight is 428 g/mol. The number of aryl methyl sites for hydroxylation is 1. The maximum absolute atomic E-state index is 12.7. The molecule has 6 nitrogen and oxygen atoms in total. The number of rotatable bonds is 6. The molecule has 1 atom stereocenters. The van der Waals surface area contributed by atoms with E-state index in [4.69, 9.17) is 9.97 Å². The van der Waals surface area contributed by atoms with Crippen LogP contribution in [-0.4, -0.2) is 38.8 Å². The second kappa shape index (κ2) is 9.07. The molecule has 6 heteroatoms. The summed E-state index contributed by atoms with van der Waals surface area (Å²) in [6.07, 6.45) is 8.61. The average Bonchev–Trinajstić information content (AvgIpc) is 3.70. The molecule has 2 fully saturated rings. The Hall–Kier alpha value is -3.28. The molecule has 1 aromatic carbocycles. The van der Waals surface area contributed by atoms with Crippen molar-refractivity contribution >= 4 is 17.4 Å². The Kier molecular flexibility index (Phi) is 5.84. The van der Waals surface area contributed by atoms with Gasteiger partial charge in [-0.25, -0.2) is 9.97 Å². The summed E-state index contributed by atoms with van der Waals surface area (Å²) in [5, 5.41) is 3.52. The molecule has 2 aromatic heterocycles. The summed E-state index contributed by atoms with van der Waals surface area (Å²) in [7, 11) is 0. The van der Waals surface area contributed by atoms with Gasteiger partial charge in [0, 0.05) is 54.6 Å². The predicted octanol–water partition coefficient (Wildman–Crippen LogP) is 4.96. The number of amides is 1. The van der Waals surface area contributed by atoms with Crippen LogP contribution >= 0.6 is 0 Å². The van der Waals surface area contributed by atoms with Gasteiger partial charge >= 0.3 is 0 Å². The van der Waals surface area contributed by atoms with E-state index in [0.717, 1.165) is 67.2 Å². The summed E-state index contributed by atoms with van der Waals surface area (Å²) in [5.74, 6) is 2.29. The second-order valence-corrected chi connectivity index (χ2v) is 8.77. The van der Waals surface area contributed by atoms with Crippen molar-refractivity contribution in [1.29, 1.82) is 0 Å². The van der Waals surface area contributed by atoms with Gasteiger partial charge in [-0.1, -0.05) is 25.1 Å². The summed E-state index contributed by atoms with van der Waals surface area (Å²) in [6.45, 7) is 3.71. The third-order valence-corrected chi connectivity index (χ3v) is 6.39. The van der Waals surface area contributed by atoms with Crippen molar-refractivity contribution in [2.24, 2.45) is 5.92 Å². The lowest BCUT2D eigenvalue weighted by Gasteiger charge is -2.32. The Labute approximate surface area is 189 Å². The topological polar surface area (TPSA) is 71.0 Å². The van der Waals surface area contributed by atoms with Crippen LogP contribution in [0.3, 0.4) is 0 Å². The van der Waals surface area contributed by atoms with Crippen LogP contribution < -0.4 is 5.32 Å². The Morgan fingerprint density at radius 3 is 2.78 bits per heavy atom. The number of likely N-dealkylation sites (tertiary alicyclic amines) is 1. The number of nitrogens with zero attached hydrogens (tertiary/aromatic N) is 4. The largest absolute Gasteiger partial charge is 0.342 e. The number of carbonyl (C=O) groups is 1. The lowest BCUT2D eigenvalue weighted by molar-refractivity contribution is -0.133. The van der Waals surface area contributed by atoms with E-state index in [0.29, 0.717) is 12.5 Å². The zero-order chi connectivity index (χ0) is 21.9. The molecular formula is C26H29N5O. The molecule has 3 heterocycles. The first-order valence-corrected chi connectivity index (χ1v) is 11.6. The number of hydrogen-bond acceptors (Lipinski definition) is 5. The van der Waals surface area contributed by atoms with Crippen molar-refractivity contribution in [2.75, 3.05) is 18.4 Å². The molecule has 0 unspecified atom stereocenters. The SMILES string of the molecule is CCc1ccccc1Nc1cc(-c2cccnc2)nc([C@@H]2CCCN(C(=O)C3CC3)C2)n1. The summed E-state index contributed by atoms with van der Waals surface area (Å²) < 4.78 is 0. The standard InChI is InChI=1S/C26H29N5O/c1-2-18-7-3-4-10-22(18)28-24-15-23(20-8-5-13-27-16-20)29-25(30-24)21-9-6-14-31(17-21)26(32)19-11-12-19/h3-5,7-8,10,13,15-16,19,21H,2,6,9,11-12,14,17H2,1H3,(H,28,29,30)/t21-/m1/s1. The Balaban J connectivity index is 1.48. The number of piperidine rings is 1. The van der Waals surface area contributed by atoms with Crippen molar-refractivity contribution in [3.63, 3.8) is 0 Å². The van der Waals surface area contributed by atoms with Gasteiger partial charge in [0.1, 0.15) is 11.6 Å². The highest BCUT2D eigenvalue weighted by Crippen LogP contribution is 2.35. The van der Waals surface area contributed by atoms with E-state index in [1.807, 2.05) is 35.4 Å². The molecule has 1 aliphatic heterocycles. The van der Waals surface area contributed by atoms with E-state index < -0.39 is 0 Å². The highest BCUT2D eigenvalue weighted by atomic mass is 16.2. The molecule has 32 heavy (non-hydrogen) atoms. The van der Waals surface area contributed by atoms with Crippen LogP contribution in [0.1, 0.15) is 49.9 Å². The fourth-order valence-electron chi connectivity index (χ4n) is 4.44. The number of carbonyl (C=O) groups excluding carboxylic acids is 1. The van der Waals surface area contributed by atoms with Crippen LogP contribution in [0.2, 0.25) is 0 Å². The minimum atomic E-state index is 0.144. The Morgan fingerprint density at radius 2 is 2.00 bits per heavy atom. The van der Waals surface area contributed by atoms with E-state index >= 15 is 0 Å². The normalized spacial score (nSPS) is 18.4. The van der Waals surface area contributed by atoms with Gasteiger partial charge < -0.3 is 10.2 Å². The first kappa shape index (κ1) is 20.6. The first-order valence-electron chi connectivity index (χ1n) is 11.6. The van der Waals surface area contributed by atoms with Gasteiger partial charge in [0.25, 0.3) is 0 Å². The zero-order valence-electron chi connectivity index (χ0n) is 18.5. The Bertz CT molecular complexity index is 1100. The number of hydrogen-bond donors (Lipinski definition) is 1.